The second-order valence-corrected chi connectivity index (χ2v) is 6.61. The predicted octanol–water partition coefficient (Wildman–Crippen LogP) is 4.28. The van der Waals surface area contributed by atoms with Gasteiger partial charge in [-0.3, -0.25) is 9.59 Å². The molecule has 132 valence electrons. The first-order valence-electron chi connectivity index (χ1n) is 8.57. The Bertz CT molecular complexity index is 953. The molecule has 4 heteroatoms. The maximum absolute atomic E-state index is 12.6. The second-order valence-electron chi connectivity index (χ2n) is 6.61. The number of Topliss-reactive ketones (excluding diaryl/α,β-unsaturated/α-hetero) is 1. The largest absolute Gasteiger partial charge is 0.340 e. The van der Waals surface area contributed by atoms with E-state index in [2.05, 4.69) is 5.32 Å². The number of ketones is 1. The fourth-order valence-electron chi connectivity index (χ4n) is 2.90. The molecule has 0 fully saturated rings. The predicted molar refractivity (Wildman–Crippen MR) is 104 cm³/mol. The van der Waals surface area contributed by atoms with Gasteiger partial charge in [0.05, 0.1) is 5.69 Å². The lowest BCUT2D eigenvalue weighted by Gasteiger charge is -2.11. The van der Waals surface area contributed by atoms with Crippen molar-refractivity contribution >= 4 is 17.4 Å². The molecule has 0 spiro atoms. The van der Waals surface area contributed by atoms with Gasteiger partial charge in [-0.25, -0.2) is 0 Å². The molecule has 4 nitrogen and oxygen atoms in total. The van der Waals surface area contributed by atoms with Crippen LogP contribution < -0.4 is 5.32 Å². The van der Waals surface area contributed by atoms with Gasteiger partial charge in [-0.1, -0.05) is 47.5 Å². The average Bonchev–Trinajstić information content (AvgIpc) is 3.06. The first-order valence-corrected chi connectivity index (χ1v) is 8.57. The van der Waals surface area contributed by atoms with Crippen molar-refractivity contribution in [2.75, 3.05) is 5.32 Å². The third-order valence-corrected chi connectivity index (χ3v) is 4.37. The second kappa shape index (κ2) is 7.40. The number of nitrogens with one attached hydrogen (secondary N) is 1. The molecule has 1 heterocycles. The van der Waals surface area contributed by atoms with Gasteiger partial charge in [0, 0.05) is 18.4 Å². The fraction of sp³-hybridized carbons (Fsp3) is 0.182. The molecule has 1 N–H and O–H groups in total. The molecule has 1 amide bonds. The number of carbonyl (C=O) groups is 2. The number of nitrogens with zero attached hydrogens (tertiary/aromatic N) is 1. The number of hydrogen-bond acceptors (Lipinski definition) is 2. The van der Waals surface area contributed by atoms with E-state index in [0.29, 0.717) is 17.9 Å². The van der Waals surface area contributed by atoms with E-state index < -0.39 is 11.7 Å². The summed E-state index contributed by atoms with van der Waals surface area (Å²) < 4.78 is 1.80. The molecule has 0 aliphatic heterocycles. The quantitative estimate of drug-likeness (QED) is 0.554. The van der Waals surface area contributed by atoms with Crippen LogP contribution in [0.4, 0.5) is 5.69 Å². The third kappa shape index (κ3) is 3.91. The van der Waals surface area contributed by atoms with Crippen LogP contribution in [0.1, 0.15) is 32.7 Å². The summed E-state index contributed by atoms with van der Waals surface area (Å²) in [4.78, 5) is 25.0. The molecule has 0 radical (unpaired) electrons. The number of rotatable bonds is 5. The smallest absolute Gasteiger partial charge is 0.298 e. The Morgan fingerprint density at radius 1 is 0.923 bits per heavy atom. The minimum Gasteiger partial charge on any atom is -0.340 e. The van der Waals surface area contributed by atoms with Crippen LogP contribution >= 0.6 is 0 Å². The Labute approximate surface area is 153 Å². The summed E-state index contributed by atoms with van der Waals surface area (Å²) in [6.45, 7) is 6.48. The lowest BCUT2D eigenvalue weighted by Crippen LogP contribution is -2.25. The van der Waals surface area contributed by atoms with E-state index >= 15 is 0 Å². The molecule has 0 unspecified atom stereocenters. The summed E-state index contributed by atoms with van der Waals surface area (Å²) >= 11 is 0. The Balaban J connectivity index is 1.76. The number of aryl methyl sites for hydroxylation is 3. The molecule has 3 aromatic rings. The summed E-state index contributed by atoms with van der Waals surface area (Å²) in [5, 5.41) is 2.72. The van der Waals surface area contributed by atoms with Gasteiger partial charge < -0.3 is 9.88 Å². The van der Waals surface area contributed by atoms with E-state index in [4.69, 9.17) is 0 Å². The molecule has 0 bridgehead atoms. The highest BCUT2D eigenvalue weighted by molar-refractivity contribution is 6.46. The lowest BCUT2D eigenvalue weighted by molar-refractivity contribution is -0.112. The van der Waals surface area contributed by atoms with Crippen LogP contribution in [0.25, 0.3) is 0 Å². The van der Waals surface area contributed by atoms with Crippen LogP contribution in [-0.4, -0.2) is 16.3 Å². The zero-order valence-corrected chi connectivity index (χ0v) is 15.2. The van der Waals surface area contributed by atoms with Gasteiger partial charge in [0.2, 0.25) is 0 Å². The number of amides is 1. The Morgan fingerprint density at radius 2 is 1.62 bits per heavy atom. The molecule has 0 saturated heterocycles. The van der Waals surface area contributed by atoms with E-state index in [1.54, 1.807) is 16.7 Å². The van der Waals surface area contributed by atoms with Gasteiger partial charge in [0.15, 0.2) is 0 Å². The molecule has 0 aliphatic rings. The number of hydrogen-bond donors (Lipinski definition) is 1. The number of aromatic nitrogens is 1. The lowest BCUT2D eigenvalue weighted by atomic mass is 10.1. The van der Waals surface area contributed by atoms with Gasteiger partial charge in [-0.2, -0.15) is 0 Å². The fourth-order valence-corrected chi connectivity index (χ4v) is 2.90. The standard InChI is InChI=1S/C22H22N2O2/c1-15-6-9-18(10-7-15)14-24-12-4-5-20(24)21(25)22(26)23-19-11-8-16(2)13-17(19)3/h4-13H,14H2,1-3H3,(H,23,26). The van der Waals surface area contributed by atoms with Crippen molar-refractivity contribution in [1.82, 2.24) is 4.57 Å². The van der Waals surface area contributed by atoms with Crippen LogP contribution in [0.3, 0.4) is 0 Å². The van der Waals surface area contributed by atoms with Crippen LogP contribution in [0, 0.1) is 20.8 Å². The van der Waals surface area contributed by atoms with Crippen molar-refractivity contribution < 1.29 is 9.59 Å². The molecule has 3 rings (SSSR count). The van der Waals surface area contributed by atoms with Crippen LogP contribution in [0.2, 0.25) is 0 Å². The van der Waals surface area contributed by atoms with E-state index in [1.165, 1.54) is 5.56 Å². The maximum atomic E-state index is 12.6. The van der Waals surface area contributed by atoms with Crippen molar-refractivity contribution in [3.05, 3.63) is 88.7 Å². The van der Waals surface area contributed by atoms with Crippen molar-refractivity contribution in [3.8, 4) is 0 Å². The van der Waals surface area contributed by atoms with Gasteiger partial charge >= 0.3 is 0 Å². The van der Waals surface area contributed by atoms with Gasteiger partial charge in [-0.05, 0) is 50.1 Å². The van der Waals surface area contributed by atoms with E-state index in [9.17, 15) is 9.59 Å². The highest BCUT2D eigenvalue weighted by atomic mass is 16.2. The molecule has 0 atom stereocenters. The summed E-state index contributed by atoms with van der Waals surface area (Å²) in [6.07, 6.45) is 1.82. The molecule has 0 saturated carbocycles. The minimum absolute atomic E-state index is 0.382. The highest BCUT2D eigenvalue weighted by Gasteiger charge is 2.20. The van der Waals surface area contributed by atoms with Gasteiger partial charge in [0.25, 0.3) is 11.7 Å². The van der Waals surface area contributed by atoms with Crippen LogP contribution in [0.5, 0.6) is 0 Å². The van der Waals surface area contributed by atoms with E-state index in [1.807, 2.05) is 69.4 Å². The first kappa shape index (κ1) is 17.7. The molecule has 0 aliphatic carbocycles. The van der Waals surface area contributed by atoms with Crippen molar-refractivity contribution in [2.24, 2.45) is 0 Å². The van der Waals surface area contributed by atoms with Crippen LogP contribution in [-0.2, 0) is 11.3 Å². The molecule has 2 aromatic carbocycles. The van der Waals surface area contributed by atoms with Gasteiger partial charge in [0.1, 0.15) is 0 Å². The summed E-state index contributed by atoms with van der Waals surface area (Å²) in [6, 6.07) is 17.3. The Kier molecular flexibility index (Phi) is 5.03. The zero-order chi connectivity index (χ0) is 18.7. The molecule has 26 heavy (non-hydrogen) atoms. The SMILES string of the molecule is Cc1ccc(Cn2cccc2C(=O)C(=O)Nc2ccc(C)cc2C)cc1. The molecular formula is C22H22N2O2. The highest BCUT2D eigenvalue weighted by Crippen LogP contribution is 2.17. The number of anilines is 1. The monoisotopic (exact) mass is 346 g/mol. The average molecular weight is 346 g/mol. The number of benzene rings is 2. The summed E-state index contributed by atoms with van der Waals surface area (Å²) in [7, 11) is 0. The van der Waals surface area contributed by atoms with E-state index in [0.717, 1.165) is 16.7 Å². The van der Waals surface area contributed by atoms with E-state index in [-0.39, 0.29) is 0 Å². The zero-order valence-electron chi connectivity index (χ0n) is 15.2. The Morgan fingerprint density at radius 3 is 2.31 bits per heavy atom. The van der Waals surface area contributed by atoms with Crippen molar-refractivity contribution in [2.45, 2.75) is 27.3 Å². The first-order chi connectivity index (χ1) is 12.4. The van der Waals surface area contributed by atoms with Gasteiger partial charge in [-0.15, -0.1) is 0 Å². The summed E-state index contributed by atoms with van der Waals surface area (Å²) in [5.41, 5.74) is 5.35. The van der Waals surface area contributed by atoms with Crippen molar-refractivity contribution in [1.29, 1.82) is 0 Å². The number of carbonyl (C=O) groups excluding carboxylic acids is 2. The van der Waals surface area contributed by atoms with Crippen LogP contribution in [0.15, 0.2) is 60.8 Å². The molecule has 1 aromatic heterocycles. The molecular weight excluding hydrogens is 324 g/mol. The van der Waals surface area contributed by atoms with Crippen molar-refractivity contribution in [3.63, 3.8) is 0 Å². The maximum Gasteiger partial charge on any atom is 0.298 e. The minimum atomic E-state index is -0.624. The topological polar surface area (TPSA) is 51.1 Å². The Hall–Kier alpha value is -3.14. The normalized spacial score (nSPS) is 10.6. The third-order valence-electron chi connectivity index (χ3n) is 4.37. The summed E-state index contributed by atoms with van der Waals surface area (Å²) in [5.74, 6) is -1.16.